The first-order chi connectivity index (χ1) is 9.66. The molecule has 0 saturated carbocycles. The Balaban J connectivity index is 3.13. The molecule has 0 aliphatic heterocycles. The minimum atomic E-state index is -3.43. The van der Waals surface area contributed by atoms with Crippen LogP contribution in [0, 0.1) is 0 Å². The van der Waals surface area contributed by atoms with Gasteiger partial charge < -0.3 is 10.4 Å². The van der Waals surface area contributed by atoms with E-state index in [9.17, 15) is 23.1 Å². The molecule has 0 aliphatic rings. The Kier molecular flexibility index (Phi) is 5.11. The molecule has 0 bridgehead atoms. The second-order valence-electron chi connectivity index (χ2n) is 4.85. The molecule has 116 valence electrons. The summed E-state index contributed by atoms with van der Waals surface area (Å²) in [5, 5.41) is 11.8. The Hall–Kier alpha value is -1.89. The van der Waals surface area contributed by atoms with E-state index in [1.54, 1.807) is 13.8 Å². The first-order valence-electron chi connectivity index (χ1n) is 6.52. The topological polar surface area (TPSA) is 101 Å². The first-order valence-corrected chi connectivity index (χ1v) is 8.41. The third kappa shape index (κ3) is 3.81. The fourth-order valence-electron chi connectivity index (χ4n) is 1.94. The van der Waals surface area contributed by atoms with Gasteiger partial charge in [-0.25, -0.2) is 13.2 Å². The highest BCUT2D eigenvalue weighted by atomic mass is 32.2. The maximum Gasteiger partial charge on any atom is 0.329 e. The van der Waals surface area contributed by atoms with Crippen LogP contribution in [0.2, 0.25) is 0 Å². The summed E-state index contributed by atoms with van der Waals surface area (Å²) in [6.07, 6.45) is 1.51. The van der Waals surface area contributed by atoms with Crippen molar-refractivity contribution >= 4 is 21.7 Å². The number of amides is 1. The minimum absolute atomic E-state index is 0.0177. The van der Waals surface area contributed by atoms with Gasteiger partial charge in [-0.05, 0) is 31.0 Å². The van der Waals surface area contributed by atoms with Crippen molar-refractivity contribution in [3.05, 3.63) is 29.8 Å². The van der Waals surface area contributed by atoms with Crippen LogP contribution >= 0.6 is 0 Å². The van der Waals surface area contributed by atoms with Gasteiger partial charge in [-0.3, -0.25) is 4.79 Å². The second-order valence-corrected chi connectivity index (χ2v) is 6.86. The van der Waals surface area contributed by atoms with Crippen LogP contribution in [-0.4, -0.2) is 37.2 Å². The Bertz CT molecular complexity index is 647. The van der Waals surface area contributed by atoms with Crippen molar-refractivity contribution in [1.82, 2.24) is 5.32 Å². The molecule has 2 N–H and O–H groups in total. The predicted octanol–water partition coefficient (Wildman–Crippen LogP) is 1.46. The molecular weight excluding hydrogens is 294 g/mol. The molecule has 0 aromatic heterocycles. The number of carboxylic acid groups (broad SMARTS) is 1. The number of hydrogen-bond acceptors (Lipinski definition) is 4. The molecule has 0 spiro atoms. The van der Waals surface area contributed by atoms with Gasteiger partial charge in [0.1, 0.15) is 5.54 Å². The average Bonchev–Trinajstić information content (AvgIpc) is 2.43. The van der Waals surface area contributed by atoms with Gasteiger partial charge in [0.15, 0.2) is 9.84 Å². The van der Waals surface area contributed by atoms with Crippen molar-refractivity contribution in [2.24, 2.45) is 0 Å². The maximum absolute atomic E-state index is 12.2. The molecule has 0 atom stereocenters. The molecule has 0 saturated heterocycles. The molecule has 0 unspecified atom stereocenters. The minimum Gasteiger partial charge on any atom is -0.480 e. The molecule has 6 nitrogen and oxygen atoms in total. The molecule has 21 heavy (non-hydrogen) atoms. The van der Waals surface area contributed by atoms with Crippen LogP contribution in [0.3, 0.4) is 0 Å². The van der Waals surface area contributed by atoms with Gasteiger partial charge in [0.05, 0.1) is 4.90 Å². The summed E-state index contributed by atoms with van der Waals surface area (Å²) < 4.78 is 23.0. The molecule has 7 heteroatoms. The molecule has 0 radical (unpaired) electrons. The molecule has 0 heterocycles. The molecule has 1 aromatic carbocycles. The number of hydrogen-bond donors (Lipinski definition) is 2. The SMILES string of the molecule is CCC(CC)(NC(=O)c1cccc(S(C)(=O)=O)c1)C(=O)O. The van der Waals surface area contributed by atoms with Crippen molar-refractivity contribution in [1.29, 1.82) is 0 Å². The van der Waals surface area contributed by atoms with Gasteiger partial charge in [-0.15, -0.1) is 0 Å². The Labute approximate surface area is 124 Å². The van der Waals surface area contributed by atoms with Crippen molar-refractivity contribution in [3.8, 4) is 0 Å². The third-order valence-corrected chi connectivity index (χ3v) is 4.60. The summed E-state index contributed by atoms with van der Waals surface area (Å²) in [4.78, 5) is 23.6. The van der Waals surface area contributed by atoms with Crippen molar-refractivity contribution in [2.75, 3.05) is 6.26 Å². The number of carboxylic acids is 1. The van der Waals surface area contributed by atoms with Gasteiger partial charge in [0.25, 0.3) is 5.91 Å². The van der Waals surface area contributed by atoms with Crippen LogP contribution in [0.1, 0.15) is 37.0 Å². The Morgan fingerprint density at radius 1 is 1.24 bits per heavy atom. The van der Waals surface area contributed by atoms with E-state index in [-0.39, 0.29) is 23.3 Å². The number of rotatable bonds is 6. The lowest BCUT2D eigenvalue weighted by atomic mass is 9.92. The lowest BCUT2D eigenvalue weighted by Gasteiger charge is -2.28. The third-order valence-electron chi connectivity index (χ3n) is 3.49. The van der Waals surface area contributed by atoms with Crippen molar-refractivity contribution in [3.63, 3.8) is 0 Å². The largest absolute Gasteiger partial charge is 0.480 e. The van der Waals surface area contributed by atoms with Crippen LogP contribution in [-0.2, 0) is 14.6 Å². The zero-order chi connectivity index (χ0) is 16.3. The number of nitrogens with one attached hydrogen (secondary N) is 1. The summed E-state index contributed by atoms with van der Waals surface area (Å²) in [5.74, 6) is -1.72. The summed E-state index contributed by atoms with van der Waals surface area (Å²) in [7, 11) is -3.43. The van der Waals surface area contributed by atoms with E-state index >= 15 is 0 Å². The predicted molar refractivity (Wildman–Crippen MR) is 78.0 cm³/mol. The standard InChI is InChI=1S/C14H19NO5S/c1-4-14(5-2,13(17)18)15-12(16)10-7-6-8-11(9-10)21(3,19)20/h6-9H,4-5H2,1-3H3,(H,15,16)(H,17,18). The van der Waals surface area contributed by atoms with Crippen LogP contribution in [0.4, 0.5) is 0 Å². The van der Waals surface area contributed by atoms with Crippen LogP contribution < -0.4 is 5.32 Å². The Morgan fingerprint density at radius 3 is 2.24 bits per heavy atom. The van der Waals surface area contributed by atoms with Gasteiger partial charge in [0, 0.05) is 11.8 Å². The van der Waals surface area contributed by atoms with Gasteiger partial charge in [-0.1, -0.05) is 19.9 Å². The summed E-state index contributed by atoms with van der Waals surface area (Å²) in [6.45, 7) is 3.34. The highest BCUT2D eigenvalue weighted by molar-refractivity contribution is 7.90. The number of carbonyl (C=O) groups excluding carboxylic acids is 1. The maximum atomic E-state index is 12.2. The van der Waals surface area contributed by atoms with Crippen molar-refractivity contribution in [2.45, 2.75) is 37.1 Å². The lowest BCUT2D eigenvalue weighted by molar-refractivity contribution is -0.144. The van der Waals surface area contributed by atoms with E-state index in [0.29, 0.717) is 0 Å². The zero-order valence-corrected chi connectivity index (χ0v) is 13.0. The normalized spacial score (nSPS) is 12.0. The Morgan fingerprint density at radius 2 is 1.81 bits per heavy atom. The van der Waals surface area contributed by atoms with E-state index in [4.69, 9.17) is 0 Å². The number of sulfone groups is 1. The molecule has 0 fully saturated rings. The molecule has 1 aromatic rings. The van der Waals surface area contributed by atoms with E-state index in [1.165, 1.54) is 24.3 Å². The molecular formula is C14H19NO5S. The highest BCUT2D eigenvalue weighted by Gasteiger charge is 2.36. The molecule has 1 amide bonds. The molecule has 1 rings (SSSR count). The van der Waals surface area contributed by atoms with Crippen molar-refractivity contribution < 1.29 is 23.1 Å². The highest BCUT2D eigenvalue weighted by Crippen LogP contribution is 2.18. The molecule has 0 aliphatic carbocycles. The summed E-state index contributed by atoms with van der Waals surface area (Å²) in [6, 6.07) is 5.52. The number of benzene rings is 1. The summed E-state index contributed by atoms with van der Waals surface area (Å²) >= 11 is 0. The number of carbonyl (C=O) groups is 2. The van der Waals surface area contributed by atoms with E-state index in [1.807, 2.05) is 0 Å². The average molecular weight is 313 g/mol. The van der Waals surface area contributed by atoms with E-state index in [0.717, 1.165) is 6.26 Å². The van der Waals surface area contributed by atoms with Crippen LogP contribution in [0.15, 0.2) is 29.2 Å². The quantitative estimate of drug-likeness (QED) is 0.828. The zero-order valence-electron chi connectivity index (χ0n) is 12.2. The monoisotopic (exact) mass is 313 g/mol. The van der Waals surface area contributed by atoms with Gasteiger partial charge in [-0.2, -0.15) is 0 Å². The fraction of sp³-hybridized carbons (Fsp3) is 0.429. The van der Waals surface area contributed by atoms with Gasteiger partial charge in [0.2, 0.25) is 0 Å². The first kappa shape index (κ1) is 17.2. The van der Waals surface area contributed by atoms with Gasteiger partial charge >= 0.3 is 5.97 Å². The fourth-order valence-corrected chi connectivity index (χ4v) is 2.61. The second kappa shape index (κ2) is 6.26. The van der Waals surface area contributed by atoms with Crippen LogP contribution in [0.25, 0.3) is 0 Å². The van der Waals surface area contributed by atoms with Crippen LogP contribution in [0.5, 0.6) is 0 Å². The lowest BCUT2D eigenvalue weighted by Crippen LogP contribution is -2.53. The van der Waals surface area contributed by atoms with E-state index < -0.39 is 27.3 Å². The van der Waals surface area contributed by atoms with E-state index in [2.05, 4.69) is 5.32 Å². The smallest absolute Gasteiger partial charge is 0.329 e. The summed E-state index contributed by atoms with van der Waals surface area (Å²) in [5.41, 5.74) is -1.23. The number of aliphatic carboxylic acids is 1.